The molecule has 1 unspecified atom stereocenters. The van der Waals surface area contributed by atoms with E-state index < -0.39 is 11.3 Å². The van der Waals surface area contributed by atoms with Crippen molar-refractivity contribution < 1.29 is 9.90 Å². The Morgan fingerprint density at radius 2 is 1.72 bits per heavy atom. The Morgan fingerprint density at radius 1 is 1.22 bits per heavy atom. The number of hydrogen-bond acceptors (Lipinski definition) is 2. The summed E-state index contributed by atoms with van der Waals surface area (Å²) in [4.78, 5) is 11.1. The van der Waals surface area contributed by atoms with Crippen LogP contribution in [0.1, 0.15) is 53.4 Å². The fourth-order valence-corrected chi connectivity index (χ4v) is 1.49. The molecule has 0 aliphatic rings. The van der Waals surface area contributed by atoms with E-state index in [0.717, 1.165) is 12.8 Å². The number of nitrogens with one attached hydrogen (secondary N) is 1. The molecule has 108 valence electrons. The summed E-state index contributed by atoms with van der Waals surface area (Å²) in [5.41, 5.74) is 0.00414. The summed E-state index contributed by atoms with van der Waals surface area (Å²) < 4.78 is 0. The first-order valence-corrected chi connectivity index (χ1v) is 5.98. The first-order valence-electron chi connectivity index (χ1n) is 5.98. The molecule has 6 heteroatoms. The number of halogens is 2. The lowest BCUT2D eigenvalue weighted by Gasteiger charge is -2.28. The molecular weight excluding hydrogens is 272 g/mol. The quantitative estimate of drug-likeness (QED) is 0.710. The van der Waals surface area contributed by atoms with Crippen LogP contribution in [0, 0.1) is 0 Å². The van der Waals surface area contributed by atoms with E-state index in [1.165, 1.54) is 0 Å². The minimum absolute atomic E-state index is 0. The number of unbranched alkanes of at least 4 members (excludes halogenated alkanes) is 1. The van der Waals surface area contributed by atoms with E-state index in [2.05, 4.69) is 26.1 Å². The predicted octanol–water partition coefficient (Wildman–Crippen LogP) is 3.21. The smallest absolute Gasteiger partial charge is 0.300 e. The van der Waals surface area contributed by atoms with Crippen molar-refractivity contribution in [3.05, 3.63) is 0 Å². The van der Waals surface area contributed by atoms with Crippen LogP contribution in [0.15, 0.2) is 0 Å². The summed E-state index contributed by atoms with van der Waals surface area (Å²) >= 11 is 0. The molecule has 0 aromatic carbocycles. The molecule has 0 aromatic rings. The van der Waals surface area contributed by atoms with Gasteiger partial charge in [0.1, 0.15) is 0 Å². The fourth-order valence-electron chi connectivity index (χ4n) is 1.49. The van der Waals surface area contributed by atoms with Crippen molar-refractivity contribution in [2.24, 2.45) is 0 Å². The first-order chi connectivity index (χ1) is 7.21. The lowest BCUT2D eigenvalue weighted by molar-refractivity contribution is -0.141. The van der Waals surface area contributed by atoms with Crippen LogP contribution >= 0.6 is 24.8 Å². The minimum atomic E-state index is -1.08. The van der Waals surface area contributed by atoms with E-state index in [1.54, 1.807) is 0 Å². The Morgan fingerprint density at radius 3 is 2.06 bits per heavy atom. The Balaban J connectivity index is -0.00000112. The van der Waals surface area contributed by atoms with Gasteiger partial charge in [0.2, 0.25) is 0 Å². The van der Waals surface area contributed by atoms with E-state index >= 15 is 0 Å². The molecule has 2 N–H and O–H groups in total. The molecule has 0 heterocycles. The molecule has 0 aliphatic carbocycles. The fraction of sp³-hybridized carbons (Fsp3) is 0.917. The largest absolute Gasteiger partial charge is 0.481 e. The maximum atomic E-state index is 11.1. The maximum Gasteiger partial charge on any atom is 0.300 e. The average Bonchev–Trinajstić information content (AvgIpc) is 2.12. The zero-order valence-electron chi connectivity index (χ0n) is 11.8. The van der Waals surface area contributed by atoms with Crippen LogP contribution in [-0.2, 0) is 4.79 Å². The van der Waals surface area contributed by atoms with Crippen LogP contribution in [-0.4, -0.2) is 31.0 Å². The Labute approximate surface area is 125 Å². The molecular formula is C12H26BCl2NO2. The normalized spacial score (nSPS) is 14.0. The summed E-state index contributed by atoms with van der Waals surface area (Å²) in [6.45, 7) is 8.83. The van der Waals surface area contributed by atoms with E-state index in [4.69, 9.17) is 13.0 Å². The molecule has 0 aromatic heterocycles. The lowest BCUT2D eigenvalue weighted by Crippen LogP contribution is -2.39. The van der Waals surface area contributed by atoms with Crippen molar-refractivity contribution in [3.8, 4) is 0 Å². The van der Waals surface area contributed by atoms with Gasteiger partial charge in [0, 0.05) is 10.9 Å². The SMILES string of the molecule is Cl.Cl.[B]C(CCCC)(CCNC(C)(C)C)C(=O)O. The van der Waals surface area contributed by atoms with Gasteiger partial charge in [-0.1, -0.05) is 19.8 Å². The standard InChI is InChI=1S/C12H24BNO2.2ClH/c1-5-6-7-12(13,10(15)16)8-9-14-11(2,3)4;;/h14H,5-9H2,1-4H3,(H,15,16);2*1H. The van der Waals surface area contributed by atoms with Crippen molar-refractivity contribution in [2.45, 2.75) is 64.2 Å². The van der Waals surface area contributed by atoms with Gasteiger partial charge in [0.15, 0.2) is 0 Å². The number of carboxylic acid groups (broad SMARTS) is 1. The third-order valence-electron chi connectivity index (χ3n) is 2.63. The molecule has 0 amide bonds. The van der Waals surface area contributed by atoms with Crippen LogP contribution in [0.5, 0.6) is 0 Å². The molecule has 0 bridgehead atoms. The van der Waals surface area contributed by atoms with Gasteiger partial charge in [-0.2, -0.15) is 0 Å². The number of rotatable bonds is 7. The van der Waals surface area contributed by atoms with Gasteiger partial charge in [-0.05, 0) is 40.2 Å². The lowest BCUT2D eigenvalue weighted by atomic mass is 9.63. The molecule has 0 aliphatic heterocycles. The van der Waals surface area contributed by atoms with E-state index in [-0.39, 0.29) is 30.4 Å². The molecule has 0 saturated carbocycles. The second-order valence-corrected chi connectivity index (χ2v) is 5.49. The van der Waals surface area contributed by atoms with Crippen molar-refractivity contribution in [2.75, 3.05) is 6.54 Å². The zero-order chi connectivity index (χ0) is 12.8. The Hall–Kier alpha value is 0.0749. The van der Waals surface area contributed by atoms with Gasteiger partial charge >= 0.3 is 5.97 Å². The highest BCUT2D eigenvalue weighted by Gasteiger charge is 2.31. The van der Waals surface area contributed by atoms with Crippen LogP contribution in [0.25, 0.3) is 0 Å². The van der Waals surface area contributed by atoms with Crippen LogP contribution in [0.4, 0.5) is 0 Å². The summed E-state index contributed by atoms with van der Waals surface area (Å²) in [7, 11) is 5.92. The van der Waals surface area contributed by atoms with Gasteiger partial charge < -0.3 is 10.4 Å². The van der Waals surface area contributed by atoms with Crippen molar-refractivity contribution >= 4 is 38.6 Å². The highest BCUT2D eigenvalue weighted by atomic mass is 35.5. The highest BCUT2D eigenvalue weighted by Crippen LogP contribution is 2.33. The number of hydrogen-bond donors (Lipinski definition) is 2. The third kappa shape index (κ3) is 10.0. The predicted molar refractivity (Wildman–Crippen MR) is 82.5 cm³/mol. The molecule has 0 spiro atoms. The van der Waals surface area contributed by atoms with Gasteiger partial charge in [-0.25, -0.2) is 0 Å². The summed E-state index contributed by atoms with van der Waals surface area (Å²) in [5, 5.41) is 11.3. The summed E-state index contributed by atoms with van der Waals surface area (Å²) in [6.07, 6.45) is 2.85. The van der Waals surface area contributed by atoms with Crippen LogP contribution in [0.2, 0.25) is 5.31 Å². The average molecular weight is 298 g/mol. The zero-order valence-corrected chi connectivity index (χ0v) is 13.4. The Kier molecular flexibility index (Phi) is 12.8. The van der Waals surface area contributed by atoms with E-state index in [1.807, 2.05) is 6.92 Å². The van der Waals surface area contributed by atoms with E-state index in [0.29, 0.717) is 19.4 Å². The minimum Gasteiger partial charge on any atom is -0.481 e. The van der Waals surface area contributed by atoms with Gasteiger partial charge in [-0.3, -0.25) is 4.79 Å². The van der Waals surface area contributed by atoms with Crippen LogP contribution < -0.4 is 5.32 Å². The third-order valence-corrected chi connectivity index (χ3v) is 2.63. The first kappa shape index (κ1) is 23.2. The second kappa shape index (κ2) is 9.93. The summed E-state index contributed by atoms with van der Waals surface area (Å²) in [6, 6.07) is 0. The molecule has 1 atom stereocenters. The monoisotopic (exact) mass is 297 g/mol. The summed E-state index contributed by atoms with van der Waals surface area (Å²) in [5.74, 6) is -0.892. The Bertz CT molecular complexity index is 235. The van der Waals surface area contributed by atoms with Crippen molar-refractivity contribution in [1.82, 2.24) is 5.32 Å². The van der Waals surface area contributed by atoms with Gasteiger partial charge in [0.25, 0.3) is 0 Å². The molecule has 0 fully saturated rings. The number of carboxylic acids is 1. The maximum absolute atomic E-state index is 11.1. The molecule has 0 rings (SSSR count). The van der Waals surface area contributed by atoms with Gasteiger partial charge in [-0.15, -0.1) is 24.8 Å². The number of carbonyl (C=O) groups is 1. The van der Waals surface area contributed by atoms with Crippen molar-refractivity contribution in [1.29, 1.82) is 0 Å². The highest BCUT2D eigenvalue weighted by molar-refractivity contribution is 6.26. The second-order valence-electron chi connectivity index (χ2n) is 5.49. The molecule has 18 heavy (non-hydrogen) atoms. The van der Waals surface area contributed by atoms with Crippen molar-refractivity contribution in [3.63, 3.8) is 0 Å². The topological polar surface area (TPSA) is 49.3 Å². The van der Waals surface area contributed by atoms with Crippen LogP contribution in [0.3, 0.4) is 0 Å². The van der Waals surface area contributed by atoms with Gasteiger partial charge in [0.05, 0.1) is 7.85 Å². The molecule has 0 saturated heterocycles. The number of aliphatic carboxylic acids is 1. The molecule has 2 radical (unpaired) electrons. The van der Waals surface area contributed by atoms with E-state index in [9.17, 15) is 4.79 Å². The molecule has 3 nitrogen and oxygen atoms in total.